The number of ether oxygens (including phenoxy) is 1. The summed E-state index contributed by atoms with van der Waals surface area (Å²) < 4.78 is 4.90. The van der Waals surface area contributed by atoms with E-state index in [9.17, 15) is 0 Å². The van der Waals surface area contributed by atoms with Gasteiger partial charge in [-0.3, -0.25) is 0 Å². The van der Waals surface area contributed by atoms with Gasteiger partial charge in [0.15, 0.2) is 0 Å². The summed E-state index contributed by atoms with van der Waals surface area (Å²) >= 11 is 0. The first-order chi connectivity index (χ1) is 4.43. The van der Waals surface area contributed by atoms with Gasteiger partial charge < -0.3 is 4.74 Å². The maximum Gasteiger partial charge on any atom is 1.00 e. The van der Waals surface area contributed by atoms with Gasteiger partial charge in [0.05, 0.1) is 0 Å². The Hall–Kier alpha value is -0.197. The largest absolute Gasteiger partial charge is 1.00 e. The third-order valence-electron chi connectivity index (χ3n) is 1.07. The van der Waals surface area contributed by atoms with Crippen molar-refractivity contribution >= 4 is 0 Å². The minimum absolute atomic E-state index is 0. The summed E-state index contributed by atoms with van der Waals surface area (Å²) in [6.45, 7) is 0.654. The molecule has 10 heavy (non-hydrogen) atoms. The van der Waals surface area contributed by atoms with E-state index >= 15 is 0 Å². The fraction of sp³-hybridized carbons (Fsp3) is 0.250. The summed E-state index contributed by atoms with van der Waals surface area (Å²) in [6.07, 6.45) is 0. The van der Waals surface area contributed by atoms with Gasteiger partial charge in [0.2, 0.25) is 0 Å². The van der Waals surface area contributed by atoms with E-state index in [1.807, 2.05) is 24.3 Å². The zero-order valence-electron chi connectivity index (χ0n) is 5.78. The van der Waals surface area contributed by atoms with Gasteiger partial charge in [-0.1, -0.05) is 0 Å². The molecule has 1 rings (SSSR count). The van der Waals surface area contributed by atoms with E-state index in [0.717, 1.165) is 5.56 Å². The van der Waals surface area contributed by atoms with Crippen molar-refractivity contribution in [2.45, 2.75) is 6.61 Å². The van der Waals surface area contributed by atoms with Crippen LogP contribution in [0.3, 0.4) is 0 Å². The molecule has 2 heteroatoms. The van der Waals surface area contributed by atoms with Crippen molar-refractivity contribution in [3.63, 3.8) is 0 Å². The molecular weight excluding hydrogens is 213 g/mol. The SMILES string of the molecule is COCc1[c-]cccc1.[Ru+]. The maximum atomic E-state index is 4.90. The normalized spacial score (nSPS) is 8.50. The number of benzene rings is 1. The van der Waals surface area contributed by atoms with Crippen LogP contribution in [0.2, 0.25) is 0 Å². The average molecular weight is 222 g/mol. The van der Waals surface area contributed by atoms with Crippen molar-refractivity contribution in [2.24, 2.45) is 0 Å². The molecule has 1 radical (unpaired) electrons. The van der Waals surface area contributed by atoms with Gasteiger partial charge in [0.1, 0.15) is 0 Å². The number of hydrogen-bond donors (Lipinski definition) is 0. The predicted octanol–water partition coefficient (Wildman–Crippen LogP) is 1.63. The molecule has 0 unspecified atom stereocenters. The van der Waals surface area contributed by atoms with Gasteiger partial charge >= 0.3 is 19.5 Å². The molecule has 0 fully saturated rings. The van der Waals surface area contributed by atoms with Crippen LogP contribution in [0.25, 0.3) is 0 Å². The topological polar surface area (TPSA) is 9.23 Å². The van der Waals surface area contributed by atoms with Crippen molar-refractivity contribution in [3.05, 3.63) is 35.9 Å². The molecule has 0 aliphatic heterocycles. The summed E-state index contributed by atoms with van der Waals surface area (Å²) in [4.78, 5) is 0. The van der Waals surface area contributed by atoms with Gasteiger partial charge in [-0.15, -0.1) is 5.56 Å². The first kappa shape index (κ1) is 9.80. The van der Waals surface area contributed by atoms with Gasteiger partial charge in [0.25, 0.3) is 0 Å². The fourth-order valence-electron chi connectivity index (χ4n) is 0.676. The van der Waals surface area contributed by atoms with E-state index in [1.54, 1.807) is 7.11 Å². The third-order valence-corrected chi connectivity index (χ3v) is 1.07. The van der Waals surface area contributed by atoms with Crippen molar-refractivity contribution in [2.75, 3.05) is 7.11 Å². The van der Waals surface area contributed by atoms with Gasteiger partial charge in [-0.2, -0.15) is 30.3 Å². The Balaban J connectivity index is 0.000000810. The van der Waals surface area contributed by atoms with Crippen molar-refractivity contribution in [1.29, 1.82) is 0 Å². The third kappa shape index (κ3) is 3.09. The van der Waals surface area contributed by atoms with E-state index < -0.39 is 0 Å². The molecule has 1 aromatic rings. The van der Waals surface area contributed by atoms with Crippen LogP contribution in [0.1, 0.15) is 5.56 Å². The van der Waals surface area contributed by atoms with Crippen molar-refractivity contribution < 1.29 is 24.2 Å². The summed E-state index contributed by atoms with van der Waals surface area (Å²) in [5, 5.41) is 0. The van der Waals surface area contributed by atoms with E-state index in [2.05, 4.69) is 6.07 Å². The minimum atomic E-state index is 0. The molecule has 0 bridgehead atoms. The van der Waals surface area contributed by atoms with Gasteiger partial charge in [0, 0.05) is 13.7 Å². The van der Waals surface area contributed by atoms with Crippen molar-refractivity contribution in [1.82, 2.24) is 0 Å². The molecule has 0 saturated heterocycles. The Labute approximate surface area is 74.2 Å². The first-order valence-corrected chi connectivity index (χ1v) is 2.88. The Morgan fingerprint density at radius 3 is 2.80 bits per heavy atom. The molecule has 0 saturated carbocycles. The Morgan fingerprint density at radius 2 is 2.30 bits per heavy atom. The summed E-state index contributed by atoms with van der Waals surface area (Å²) in [6, 6.07) is 10.8. The van der Waals surface area contributed by atoms with Crippen LogP contribution >= 0.6 is 0 Å². The Morgan fingerprint density at radius 1 is 1.50 bits per heavy atom. The molecule has 0 N–H and O–H groups in total. The molecular formula is C8H9ORu. The van der Waals surface area contributed by atoms with Crippen LogP contribution < -0.4 is 0 Å². The molecule has 0 spiro atoms. The Kier molecular flexibility index (Phi) is 5.47. The van der Waals surface area contributed by atoms with Crippen LogP contribution in [0.15, 0.2) is 24.3 Å². The standard InChI is InChI=1S/C8H9O.Ru/c1-9-7-8-5-3-2-4-6-8;/h2-5H,7H2,1H3;/q-1;+1. The molecule has 1 nitrogen and oxygen atoms in total. The second-order valence-corrected chi connectivity index (χ2v) is 1.82. The minimum Gasteiger partial charge on any atom is -0.382 e. The van der Waals surface area contributed by atoms with Gasteiger partial charge in [-0.05, 0) is 0 Å². The van der Waals surface area contributed by atoms with Crippen LogP contribution in [-0.4, -0.2) is 7.11 Å². The molecule has 0 atom stereocenters. The smallest absolute Gasteiger partial charge is 0.382 e. The van der Waals surface area contributed by atoms with Crippen LogP contribution in [0.5, 0.6) is 0 Å². The second kappa shape index (κ2) is 5.58. The Bertz CT molecular complexity index is 162. The quantitative estimate of drug-likeness (QED) is 0.546. The van der Waals surface area contributed by atoms with Crippen LogP contribution in [-0.2, 0) is 30.8 Å². The number of rotatable bonds is 2. The first-order valence-electron chi connectivity index (χ1n) is 2.88. The van der Waals surface area contributed by atoms with Crippen LogP contribution in [0.4, 0.5) is 0 Å². The molecule has 0 amide bonds. The molecule has 1 aromatic carbocycles. The van der Waals surface area contributed by atoms with E-state index in [4.69, 9.17) is 4.74 Å². The van der Waals surface area contributed by atoms with Crippen molar-refractivity contribution in [3.8, 4) is 0 Å². The van der Waals surface area contributed by atoms with E-state index in [0.29, 0.717) is 6.61 Å². The van der Waals surface area contributed by atoms with E-state index in [-0.39, 0.29) is 19.5 Å². The second-order valence-electron chi connectivity index (χ2n) is 1.82. The predicted molar refractivity (Wildman–Crippen MR) is 36.0 cm³/mol. The monoisotopic (exact) mass is 223 g/mol. The summed E-state index contributed by atoms with van der Waals surface area (Å²) in [5.41, 5.74) is 1.10. The summed E-state index contributed by atoms with van der Waals surface area (Å²) in [5.74, 6) is 0. The zero-order valence-corrected chi connectivity index (χ0v) is 7.52. The molecule has 0 aromatic heterocycles. The van der Waals surface area contributed by atoms with Gasteiger partial charge in [-0.25, -0.2) is 0 Å². The fourth-order valence-corrected chi connectivity index (χ4v) is 0.676. The maximum absolute atomic E-state index is 4.90. The molecule has 0 heterocycles. The number of methoxy groups -OCH3 is 1. The summed E-state index contributed by atoms with van der Waals surface area (Å²) in [7, 11) is 1.68. The number of hydrogen-bond acceptors (Lipinski definition) is 1. The molecule has 0 aliphatic carbocycles. The zero-order chi connectivity index (χ0) is 6.53. The van der Waals surface area contributed by atoms with Crippen LogP contribution in [0, 0.1) is 6.07 Å². The molecule has 0 aliphatic rings. The average Bonchev–Trinajstić information content (AvgIpc) is 1.91. The molecule has 55 valence electrons. The van der Waals surface area contributed by atoms with E-state index in [1.165, 1.54) is 0 Å².